The van der Waals surface area contributed by atoms with Crippen LogP contribution in [0.15, 0.2) is 0 Å². The first kappa shape index (κ1) is 16.2. The number of rotatable bonds is 5. The molecule has 1 spiro atoms. The first-order valence-electron chi connectivity index (χ1n) is 8.48. The summed E-state index contributed by atoms with van der Waals surface area (Å²) < 4.78 is 28.8. The van der Waals surface area contributed by atoms with Crippen molar-refractivity contribution < 1.29 is 17.9 Å². The quantitative estimate of drug-likeness (QED) is 0.835. The maximum Gasteiger partial charge on any atom is 0.241 e. The first-order chi connectivity index (χ1) is 10.4. The highest BCUT2D eigenvalue weighted by molar-refractivity contribution is 7.93. The van der Waals surface area contributed by atoms with E-state index in [-0.39, 0.29) is 23.5 Å². The first-order valence-corrected chi connectivity index (χ1v) is 10.4. The van der Waals surface area contributed by atoms with Crippen LogP contribution in [0.4, 0.5) is 0 Å². The predicted molar refractivity (Wildman–Crippen MR) is 84.3 cm³/mol. The molecule has 0 unspecified atom stereocenters. The van der Waals surface area contributed by atoms with Crippen LogP contribution in [0.3, 0.4) is 0 Å². The van der Waals surface area contributed by atoms with Crippen LogP contribution in [0.5, 0.6) is 0 Å². The molecule has 0 aromatic carbocycles. The number of carbonyl (C=O) groups excluding carboxylic acids is 1. The lowest BCUT2D eigenvalue weighted by atomic mass is 9.60. The van der Waals surface area contributed by atoms with Crippen LogP contribution in [-0.2, 0) is 19.4 Å². The van der Waals surface area contributed by atoms with E-state index in [1.165, 1.54) is 19.1 Å². The van der Waals surface area contributed by atoms with Crippen molar-refractivity contribution in [3.05, 3.63) is 0 Å². The fourth-order valence-electron chi connectivity index (χ4n) is 4.64. The van der Waals surface area contributed by atoms with E-state index < -0.39 is 14.6 Å². The van der Waals surface area contributed by atoms with Crippen molar-refractivity contribution >= 4 is 15.7 Å². The van der Waals surface area contributed by atoms with Crippen molar-refractivity contribution in [1.29, 1.82) is 0 Å². The average molecular weight is 329 g/mol. The normalized spacial score (nSPS) is 32.3. The molecule has 0 aliphatic heterocycles. The monoisotopic (exact) mass is 329 g/mol. The van der Waals surface area contributed by atoms with Gasteiger partial charge in [0.2, 0.25) is 5.91 Å². The van der Waals surface area contributed by atoms with Gasteiger partial charge >= 0.3 is 0 Å². The molecule has 3 rings (SSSR count). The van der Waals surface area contributed by atoms with Crippen molar-refractivity contribution in [2.45, 2.75) is 75.2 Å². The lowest BCUT2D eigenvalue weighted by Crippen LogP contribution is -2.67. The van der Waals surface area contributed by atoms with E-state index >= 15 is 0 Å². The highest BCUT2D eigenvalue weighted by atomic mass is 32.2. The fraction of sp³-hybridized carbons (Fsp3) is 0.938. The van der Waals surface area contributed by atoms with Gasteiger partial charge in [0, 0.05) is 24.3 Å². The number of sulfone groups is 1. The topological polar surface area (TPSA) is 72.5 Å². The lowest BCUT2D eigenvalue weighted by molar-refractivity contribution is -0.146. The van der Waals surface area contributed by atoms with E-state index in [2.05, 4.69) is 5.32 Å². The standard InChI is InChI=1S/C16H27NO4S/c1-3-21-13-11-12(15(13)7-4-5-8-15)17-14(18)16(9-6-10-16)22(2,19)20/h12-13H,3-11H2,1-2H3,(H,17,18)/t12-,13-/m0/s1. The Morgan fingerprint density at radius 2 is 1.82 bits per heavy atom. The molecule has 1 amide bonds. The molecule has 0 aromatic rings. The summed E-state index contributed by atoms with van der Waals surface area (Å²) in [6.45, 7) is 2.70. The number of ether oxygens (including phenoxy) is 1. The van der Waals surface area contributed by atoms with Gasteiger partial charge in [0.25, 0.3) is 0 Å². The number of carbonyl (C=O) groups is 1. The second kappa shape index (κ2) is 5.48. The maximum absolute atomic E-state index is 12.7. The summed E-state index contributed by atoms with van der Waals surface area (Å²) in [5.41, 5.74) is 0.0497. The minimum Gasteiger partial charge on any atom is -0.378 e. The molecule has 0 radical (unpaired) electrons. The number of hydrogen-bond donors (Lipinski definition) is 1. The molecular formula is C16H27NO4S. The molecule has 1 N–H and O–H groups in total. The zero-order valence-corrected chi connectivity index (χ0v) is 14.4. The molecule has 5 nitrogen and oxygen atoms in total. The van der Waals surface area contributed by atoms with Crippen LogP contribution >= 0.6 is 0 Å². The summed E-state index contributed by atoms with van der Waals surface area (Å²) in [6.07, 6.45) is 8.49. The van der Waals surface area contributed by atoms with Crippen molar-refractivity contribution in [3.8, 4) is 0 Å². The van der Waals surface area contributed by atoms with Crippen LogP contribution in [0.2, 0.25) is 0 Å². The highest BCUT2D eigenvalue weighted by Gasteiger charge is 2.60. The van der Waals surface area contributed by atoms with Gasteiger partial charge in [-0.2, -0.15) is 0 Å². The Labute approximate surface area is 133 Å². The van der Waals surface area contributed by atoms with Crippen LogP contribution in [0.1, 0.15) is 58.3 Å². The predicted octanol–water partition coefficient (Wildman–Crippen LogP) is 1.81. The van der Waals surface area contributed by atoms with Crippen molar-refractivity contribution in [2.24, 2.45) is 5.41 Å². The average Bonchev–Trinajstić information content (AvgIpc) is 2.86. The van der Waals surface area contributed by atoms with Gasteiger partial charge in [-0.15, -0.1) is 0 Å². The van der Waals surface area contributed by atoms with Crippen LogP contribution in [0.25, 0.3) is 0 Å². The van der Waals surface area contributed by atoms with Crippen molar-refractivity contribution in [3.63, 3.8) is 0 Å². The minimum atomic E-state index is -3.36. The molecule has 3 saturated carbocycles. The molecule has 0 saturated heterocycles. The summed E-state index contributed by atoms with van der Waals surface area (Å²) >= 11 is 0. The van der Waals surface area contributed by atoms with Gasteiger partial charge in [-0.25, -0.2) is 8.42 Å². The molecule has 0 bridgehead atoms. The van der Waals surface area contributed by atoms with Crippen molar-refractivity contribution in [2.75, 3.05) is 12.9 Å². The Balaban J connectivity index is 1.72. The summed E-state index contributed by atoms with van der Waals surface area (Å²) in [5, 5.41) is 3.09. The zero-order valence-electron chi connectivity index (χ0n) is 13.6. The van der Waals surface area contributed by atoms with Gasteiger partial charge in [-0.3, -0.25) is 4.79 Å². The highest BCUT2D eigenvalue weighted by Crippen LogP contribution is 2.55. The molecule has 3 aliphatic rings. The summed E-state index contributed by atoms with van der Waals surface area (Å²) in [7, 11) is -3.36. The molecule has 0 heterocycles. The van der Waals surface area contributed by atoms with Gasteiger partial charge in [0.15, 0.2) is 9.84 Å². The van der Waals surface area contributed by atoms with Crippen LogP contribution in [0, 0.1) is 5.41 Å². The number of hydrogen-bond acceptors (Lipinski definition) is 4. The minimum absolute atomic E-state index is 0.0497. The fourth-order valence-corrected chi connectivity index (χ4v) is 6.07. The van der Waals surface area contributed by atoms with Crippen molar-refractivity contribution in [1.82, 2.24) is 5.32 Å². The molecular weight excluding hydrogens is 302 g/mol. The van der Waals surface area contributed by atoms with E-state index in [1.54, 1.807) is 0 Å². The molecule has 2 atom stereocenters. The van der Waals surface area contributed by atoms with Gasteiger partial charge in [-0.05, 0) is 45.4 Å². The van der Waals surface area contributed by atoms with Gasteiger partial charge < -0.3 is 10.1 Å². The summed E-state index contributed by atoms with van der Waals surface area (Å²) in [5.74, 6) is -0.271. The second-order valence-electron chi connectivity index (χ2n) is 7.27. The Morgan fingerprint density at radius 3 is 2.27 bits per heavy atom. The van der Waals surface area contributed by atoms with E-state index in [0.717, 1.165) is 25.7 Å². The Bertz CT molecular complexity index is 546. The molecule has 3 fully saturated rings. The SMILES string of the molecule is CCO[C@H]1C[C@H](NC(=O)C2(S(C)(=O)=O)CCC2)C12CCCC2. The van der Waals surface area contributed by atoms with Gasteiger partial charge in [0.05, 0.1) is 6.10 Å². The zero-order chi connectivity index (χ0) is 16.0. The second-order valence-corrected chi connectivity index (χ2v) is 9.59. The third-order valence-electron chi connectivity index (χ3n) is 6.28. The third-order valence-corrected chi connectivity index (χ3v) is 8.29. The van der Waals surface area contributed by atoms with E-state index in [0.29, 0.717) is 19.4 Å². The maximum atomic E-state index is 12.7. The lowest BCUT2D eigenvalue weighted by Gasteiger charge is -2.55. The summed E-state index contributed by atoms with van der Waals surface area (Å²) in [4.78, 5) is 12.7. The Hall–Kier alpha value is -0.620. The Kier molecular flexibility index (Phi) is 4.05. The smallest absolute Gasteiger partial charge is 0.241 e. The molecule has 0 aromatic heterocycles. The Morgan fingerprint density at radius 1 is 1.18 bits per heavy atom. The van der Waals surface area contributed by atoms with E-state index in [4.69, 9.17) is 4.74 Å². The molecule has 6 heteroatoms. The largest absolute Gasteiger partial charge is 0.378 e. The van der Waals surface area contributed by atoms with Gasteiger partial charge in [-0.1, -0.05) is 12.8 Å². The molecule has 22 heavy (non-hydrogen) atoms. The molecule has 3 aliphatic carbocycles. The van der Waals surface area contributed by atoms with Crippen LogP contribution < -0.4 is 5.32 Å². The van der Waals surface area contributed by atoms with Crippen LogP contribution in [-0.4, -0.2) is 44.1 Å². The number of nitrogens with one attached hydrogen (secondary N) is 1. The molecule has 126 valence electrons. The van der Waals surface area contributed by atoms with E-state index in [1.807, 2.05) is 6.92 Å². The summed E-state index contributed by atoms with van der Waals surface area (Å²) in [6, 6.07) is 0.0817. The number of amides is 1. The van der Waals surface area contributed by atoms with Gasteiger partial charge in [0.1, 0.15) is 4.75 Å². The van der Waals surface area contributed by atoms with E-state index in [9.17, 15) is 13.2 Å². The third kappa shape index (κ3) is 2.21.